The molecule has 0 fully saturated rings. The van der Waals surface area contributed by atoms with Crippen LogP contribution < -0.4 is 11.2 Å². The Labute approximate surface area is 125 Å². The van der Waals surface area contributed by atoms with Crippen LogP contribution in [0.15, 0.2) is 41.5 Å². The molecule has 0 saturated carbocycles. The van der Waals surface area contributed by atoms with Gasteiger partial charge in [0.2, 0.25) is 0 Å². The molecule has 0 radical (unpaired) electrons. The Balaban J connectivity index is 2.25. The Morgan fingerprint density at radius 1 is 1.23 bits per heavy atom. The largest absolute Gasteiger partial charge is 0.507 e. The van der Waals surface area contributed by atoms with Crippen molar-refractivity contribution < 1.29 is 18.7 Å². The predicted molar refractivity (Wildman–Crippen MR) is 78.8 cm³/mol. The zero-order valence-electron chi connectivity index (χ0n) is 11.6. The Morgan fingerprint density at radius 3 is 2.59 bits per heavy atom. The van der Waals surface area contributed by atoms with Gasteiger partial charge in [-0.3, -0.25) is 10.2 Å². The number of hydrazone groups is 1. The fourth-order valence-corrected chi connectivity index (χ4v) is 1.75. The lowest BCUT2D eigenvalue weighted by Crippen LogP contribution is -2.12. The number of primary amides is 1. The lowest BCUT2D eigenvalue weighted by atomic mass is 10.1. The molecule has 0 aliphatic rings. The molecule has 0 aromatic heterocycles. The van der Waals surface area contributed by atoms with Gasteiger partial charge in [0.15, 0.2) is 5.82 Å². The molecule has 0 atom stereocenters. The third-order valence-electron chi connectivity index (χ3n) is 2.95. The topological polar surface area (TPSA) is 87.7 Å². The summed E-state index contributed by atoms with van der Waals surface area (Å²) in [6, 6.07) is 7.27. The van der Waals surface area contributed by atoms with Crippen LogP contribution in [0.25, 0.3) is 0 Å². The third-order valence-corrected chi connectivity index (χ3v) is 2.95. The maximum atomic E-state index is 13.5. The van der Waals surface area contributed by atoms with Crippen LogP contribution in [-0.2, 0) is 0 Å². The number of halogens is 2. The lowest BCUT2D eigenvalue weighted by Gasteiger charge is -2.07. The van der Waals surface area contributed by atoms with Gasteiger partial charge < -0.3 is 10.8 Å². The molecule has 0 bridgehead atoms. The summed E-state index contributed by atoms with van der Waals surface area (Å²) in [5.41, 5.74) is 8.52. The average molecular weight is 305 g/mol. The van der Waals surface area contributed by atoms with E-state index in [2.05, 4.69) is 10.5 Å². The van der Waals surface area contributed by atoms with Gasteiger partial charge in [0.25, 0.3) is 5.91 Å². The van der Waals surface area contributed by atoms with Crippen LogP contribution >= 0.6 is 0 Å². The summed E-state index contributed by atoms with van der Waals surface area (Å²) in [6.45, 7) is 1.62. The van der Waals surface area contributed by atoms with E-state index < -0.39 is 17.5 Å². The van der Waals surface area contributed by atoms with E-state index >= 15 is 0 Å². The minimum atomic E-state index is -0.778. The SMILES string of the molecule is CC(=NNc1ccc(F)cc1F)c1ccc(O)c(C(N)=O)c1. The Kier molecular flexibility index (Phi) is 4.36. The van der Waals surface area contributed by atoms with Gasteiger partial charge in [-0.15, -0.1) is 0 Å². The molecule has 0 spiro atoms. The van der Waals surface area contributed by atoms with Crippen LogP contribution in [0.4, 0.5) is 14.5 Å². The first-order chi connectivity index (χ1) is 10.4. The highest BCUT2D eigenvalue weighted by Crippen LogP contribution is 2.19. The van der Waals surface area contributed by atoms with Crippen LogP contribution in [0.3, 0.4) is 0 Å². The van der Waals surface area contributed by atoms with E-state index in [4.69, 9.17) is 5.73 Å². The van der Waals surface area contributed by atoms with Gasteiger partial charge >= 0.3 is 0 Å². The summed E-state index contributed by atoms with van der Waals surface area (Å²) in [5, 5.41) is 13.5. The smallest absolute Gasteiger partial charge is 0.252 e. The number of carbonyl (C=O) groups excluding carboxylic acids is 1. The first-order valence-corrected chi connectivity index (χ1v) is 6.27. The van der Waals surface area contributed by atoms with Gasteiger partial charge in [-0.1, -0.05) is 0 Å². The number of rotatable bonds is 4. The number of phenols is 1. The first-order valence-electron chi connectivity index (χ1n) is 6.27. The number of nitrogens with one attached hydrogen (secondary N) is 1. The summed E-state index contributed by atoms with van der Waals surface area (Å²) in [6.07, 6.45) is 0. The minimum absolute atomic E-state index is 0.00894. The molecule has 0 aliphatic carbocycles. The van der Waals surface area contributed by atoms with Crippen molar-refractivity contribution in [3.63, 3.8) is 0 Å². The standard InChI is InChI=1S/C15H13F2N3O2/c1-8(9-2-5-14(21)11(6-9)15(18)22)19-20-13-4-3-10(16)7-12(13)17/h2-7,20-21H,1H3,(H2,18,22). The summed E-state index contributed by atoms with van der Waals surface area (Å²) in [7, 11) is 0. The highest BCUT2D eigenvalue weighted by Gasteiger charge is 2.10. The maximum absolute atomic E-state index is 13.5. The monoisotopic (exact) mass is 305 g/mol. The van der Waals surface area contributed by atoms with Crippen molar-refractivity contribution in [3.8, 4) is 5.75 Å². The quantitative estimate of drug-likeness (QED) is 0.599. The van der Waals surface area contributed by atoms with Gasteiger partial charge in [0.05, 0.1) is 17.0 Å². The predicted octanol–water partition coefficient (Wildman–Crippen LogP) is 2.61. The molecule has 2 rings (SSSR count). The van der Waals surface area contributed by atoms with Gasteiger partial charge in [-0.2, -0.15) is 5.10 Å². The molecule has 2 aromatic rings. The van der Waals surface area contributed by atoms with E-state index in [1.165, 1.54) is 24.3 Å². The number of hydrogen-bond acceptors (Lipinski definition) is 4. The van der Waals surface area contributed by atoms with E-state index in [0.29, 0.717) is 11.3 Å². The maximum Gasteiger partial charge on any atom is 0.252 e. The molecule has 5 nitrogen and oxygen atoms in total. The number of carbonyl (C=O) groups is 1. The lowest BCUT2D eigenvalue weighted by molar-refractivity contribution is 0.0997. The van der Waals surface area contributed by atoms with E-state index in [1.807, 2.05) is 0 Å². The average Bonchev–Trinajstić information content (AvgIpc) is 2.46. The molecule has 2 aromatic carbocycles. The third kappa shape index (κ3) is 3.38. The van der Waals surface area contributed by atoms with Crippen molar-refractivity contribution in [2.45, 2.75) is 6.92 Å². The first kappa shape index (κ1) is 15.4. The molecule has 1 amide bonds. The summed E-state index contributed by atoms with van der Waals surface area (Å²) >= 11 is 0. The number of hydrogen-bond donors (Lipinski definition) is 3. The highest BCUT2D eigenvalue weighted by molar-refractivity contribution is 6.03. The number of nitrogens with two attached hydrogens (primary N) is 1. The normalized spacial score (nSPS) is 11.3. The number of amides is 1. The van der Waals surface area contributed by atoms with Gasteiger partial charge in [0, 0.05) is 6.07 Å². The molecule has 114 valence electrons. The second kappa shape index (κ2) is 6.21. The van der Waals surface area contributed by atoms with E-state index in [9.17, 15) is 18.7 Å². The number of aromatic hydroxyl groups is 1. The van der Waals surface area contributed by atoms with Crippen molar-refractivity contribution in [2.75, 3.05) is 5.43 Å². The van der Waals surface area contributed by atoms with Crippen molar-refractivity contribution in [1.29, 1.82) is 0 Å². The van der Waals surface area contributed by atoms with Crippen molar-refractivity contribution in [3.05, 3.63) is 59.2 Å². The van der Waals surface area contributed by atoms with E-state index in [0.717, 1.165) is 12.1 Å². The molecule has 4 N–H and O–H groups in total. The van der Waals surface area contributed by atoms with E-state index in [-0.39, 0.29) is 17.0 Å². The Bertz CT molecular complexity index is 760. The summed E-state index contributed by atoms with van der Waals surface area (Å²) in [4.78, 5) is 11.2. The van der Waals surface area contributed by atoms with Crippen LogP contribution in [0, 0.1) is 11.6 Å². The van der Waals surface area contributed by atoms with Crippen LogP contribution in [0.2, 0.25) is 0 Å². The van der Waals surface area contributed by atoms with Crippen LogP contribution in [0.5, 0.6) is 5.75 Å². The van der Waals surface area contributed by atoms with Crippen molar-refractivity contribution in [2.24, 2.45) is 10.8 Å². The van der Waals surface area contributed by atoms with Crippen LogP contribution in [-0.4, -0.2) is 16.7 Å². The van der Waals surface area contributed by atoms with Gasteiger partial charge in [-0.25, -0.2) is 8.78 Å². The number of anilines is 1. The summed E-state index contributed by atoms with van der Waals surface area (Å²) < 4.78 is 26.3. The zero-order chi connectivity index (χ0) is 16.3. The Morgan fingerprint density at radius 2 is 1.95 bits per heavy atom. The van der Waals surface area contributed by atoms with E-state index in [1.54, 1.807) is 6.92 Å². The molecular weight excluding hydrogens is 292 g/mol. The molecule has 22 heavy (non-hydrogen) atoms. The number of nitrogens with zero attached hydrogens (tertiary/aromatic N) is 1. The number of benzene rings is 2. The molecule has 0 heterocycles. The fraction of sp³-hybridized carbons (Fsp3) is 0.0667. The molecule has 0 saturated heterocycles. The van der Waals surface area contributed by atoms with Gasteiger partial charge in [-0.05, 0) is 42.8 Å². The molecule has 0 aliphatic heterocycles. The minimum Gasteiger partial charge on any atom is -0.507 e. The molecule has 0 unspecified atom stereocenters. The molecule has 7 heteroatoms. The summed E-state index contributed by atoms with van der Waals surface area (Å²) in [5.74, 6) is -2.47. The van der Waals surface area contributed by atoms with Crippen molar-refractivity contribution >= 4 is 17.3 Å². The van der Waals surface area contributed by atoms with Crippen molar-refractivity contribution in [1.82, 2.24) is 0 Å². The van der Waals surface area contributed by atoms with Crippen LogP contribution in [0.1, 0.15) is 22.8 Å². The highest BCUT2D eigenvalue weighted by atomic mass is 19.1. The second-order valence-electron chi connectivity index (χ2n) is 4.53. The molecular formula is C15H13F2N3O2. The fourth-order valence-electron chi connectivity index (χ4n) is 1.75. The Hall–Kier alpha value is -2.96. The van der Waals surface area contributed by atoms with Gasteiger partial charge in [0.1, 0.15) is 11.6 Å². The zero-order valence-corrected chi connectivity index (χ0v) is 11.6. The second-order valence-corrected chi connectivity index (χ2v) is 4.53.